The zero-order valence-electron chi connectivity index (χ0n) is 16.5. The van der Waals surface area contributed by atoms with Crippen LogP contribution in [0.3, 0.4) is 0 Å². The zero-order chi connectivity index (χ0) is 20.3. The van der Waals surface area contributed by atoms with Gasteiger partial charge in [0.1, 0.15) is 0 Å². The van der Waals surface area contributed by atoms with Gasteiger partial charge in [-0.15, -0.1) is 0 Å². The minimum Gasteiger partial charge on any atom is -0.325 e. The van der Waals surface area contributed by atoms with Gasteiger partial charge in [0.15, 0.2) is 0 Å². The number of nitrogens with zero attached hydrogens (tertiary/aromatic N) is 2. The predicted molar refractivity (Wildman–Crippen MR) is 118 cm³/mol. The van der Waals surface area contributed by atoms with E-state index in [4.69, 9.17) is 0 Å². The molecule has 1 fully saturated rings. The number of aromatic nitrogens is 3. The number of fused-ring (bicyclic) bond motifs is 3. The molecule has 30 heavy (non-hydrogen) atoms. The van der Waals surface area contributed by atoms with Crippen molar-refractivity contribution >= 4 is 34.6 Å². The molecule has 2 atom stereocenters. The van der Waals surface area contributed by atoms with Gasteiger partial charge in [-0.3, -0.25) is 14.9 Å². The maximum atomic E-state index is 12.8. The van der Waals surface area contributed by atoms with Crippen LogP contribution in [0.1, 0.15) is 40.4 Å². The van der Waals surface area contributed by atoms with E-state index in [2.05, 4.69) is 44.8 Å². The largest absolute Gasteiger partial charge is 0.325 e. The lowest BCUT2D eigenvalue weighted by atomic mass is 9.92. The van der Waals surface area contributed by atoms with Gasteiger partial charge in [0.05, 0.1) is 16.6 Å². The van der Waals surface area contributed by atoms with Crippen molar-refractivity contribution in [3.05, 3.63) is 88.9 Å². The third-order valence-corrected chi connectivity index (χ3v) is 6.40. The first-order valence-corrected chi connectivity index (χ1v) is 10.1. The molecular formula is C25H20N4O. The summed E-state index contributed by atoms with van der Waals surface area (Å²) in [6.07, 6.45) is 6.73. The van der Waals surface area contributed by atoms with Crippen LogP contribution in [0.5, 0.6) is 0 Å². The molecule has 1 amide bonds. The van der Waals surface area contributed by atoms with Crippen molar-refractivity contribution in [2.75, 3.05) is 5.32 Å². The van der Waals surface area contributed by atoms with Crippen molar-refractivity contribution in [1.29, 1.82) is 0 Å². The summed E-state index contributed by atoms with van der Waals surface area (Å²) in [5.41, 5.74) is 6.83. The van der Waals surface area contributed by atoms with Crippen LogP contribution in [0.2, 0.25) is 0 Å². The van der Waals surface area contributed by atoms with E-state index in [1.54, 1.807) is 0 Å². The second kappa shape index (κ2) is 6.13. The predicted octanol–water partition coefficient (Wildman–Crippen LogP) is 4.81. The lowest BCUT2D eigenvalue weighted by molar-refractivity contribution is -0.118. The first-order valence-electron chi connectivity index (χ1n) is 10.1. The first-order chi connectivity index (χ1) is 14.6. The maximum Gasteiger partial charge on any atom is 0.235 e. The number of rotatable bonds is 3. The standard InChI is InChI=1S/C25H20N4O/c1-15-12-16(10-11-26-15)6-9-21-18-8-7-17(13-23(18)29-28-21)20-14-25(20)19-4-2-3-5-22(19)27-24(25)30/h2-13,20H,14H2,1H3,(H,27,30)(H,28,29)/b9-6+/t20-,25?/m0/s1. The lowest BCUT2D eigenvalue weighted by Crippen LogP contribution is -2.20. The third kappa shape index (κ3) is 2.45. The molecule has 1 spiro atoms. The summed E-state index contributed by atoms with van der Waals surface area (Å²) in [4.78, 5) is 17.0. The van der Waals surface area contributed by atoms with Gasteiger partial charge in [0, 0.05) is 28.9 Å². The quantitative estimate of drug-likeness (QED) is 0.525. The molecule has 2 aromatic heterocycles. The summed E-state index contributed by atoms with van der Waals surface area (Å²) in [7, 11) is 0. The Morgan fingerprint density at radius 1 is 1.10 bits per heavy atom. The molecule has 0 saturated heterocycles. The first kappa shape index (κ1) is 17.2. The van der Waals surface area contributed by atoms with Crippen molar-refractivity contribution in [3.63, 3.8) is 0 Å². The average molecular weight is 392 g/mol. The second-order valence-corrected chi connectivity index (χ2v) is 8.21. The molecule has 2 aromatic carbocycles. The number of hydrogen-bond donors (Lipinski definition) is 2. The molecule has 5 heteroatoms. The smallest absolute Gasteiger partial charge is 0.235 e. The molecule has 2 aliphatic rings. The molecular weight excluding hydrogens is 372 g/mol. The van der Waals surface area contributed by atoms with E-state index in [0.29, 0.717) is 0 Å². The van der Waals surface area contributed by atoms with Crippen molar-refractivity contribution in [2.45, 2.75) is 24.7 Å². The molecule has 2 N–H and O–H groups in total. The summed E-state index contributed by atoms with van der Waals surface area (Å²) < 4.78 is 0. The number of hydrogen-bond acceptors (Lipinski definition) is 3. The van der Waals surface area contributed by atoms with Crippen LogP contribution >= 0.6 is 0 Å². The van der Waals surface area contributed by atoms with E-state index in [1.165, 1.54) is 5.56 Å². The van der Waals surface area contributed by atoms with Gasteiger partial charge in [-0.2, -0.15) is 5.10 Å². The molecule has 0 radical (unpaired) electrons. The fourth-order valence-corrected chi connectivity index (χ4v) is 4.80. The number of nitrogens with one attached hydrogen (secondary N) is 2. The van der Waals surface area contributed by atoms with E-state index in [0.717, 1.165) is 45.5 Å². The molecule has 3 heterocycles. The fraction of sp³-hybridized carbons (Fsp3) is 0.160. The van der Waals surface area contributed by atoms with Crippen molar-refractivity contribution in [2.24, 2.45) is 0 Å². The number of benzene rings is 2. The van der Waals surface area contributed by atoms with Crippen molar-refractivity contribution in [3.8, 4) is 0 Å². The molecule has 0 bridgehead atoms. The number of anilines is 1. The van der Waals surface area contributed by atoms with Crippen molar-refractivity contribution < 1.29 is 4.79 Å². The van der Waals surface area contributed by atoms with Gasteiger partial charge < -0.3 is 5.32 Å². The Balaban J connectivity index is 1.32. The topological polar surface area (TPSA) is 70.7 Å². The van der Waals surface area contributed by atoms with Crippen LogP contribution in [0.25, 0.3) is 23.1 Å². The summed E-state index contributed by atoms with van der Waals surface area (Å²) in [6.45, 7) is 1.98. The Bertz CT molecular complexity index is 1350. The third-order valence-electron chi connectivity index (χ3n) is 6.40. The van der Waals surface area contributed by atoms with Crippen LogP contribution in [-0.2, 0) is 10.2 Å². The lowest BCUT2D eigenvalue weighted by Gasteiger charge is -2.08. The Kier molecular flexibility index (Phi) is 3.51. The van der Waals surface area contributed by atoms with E-state index in [-0.39, 0.29) is 11.8 Å². The summed E-state index contributed by atoms with van der Waals surface area (Å²) in [5, 5.41) is 11.8. The van der Waals surface area contributed by atoms with Gasteiger partial charge in [-0.1, -0.05) is 36.4 Å². The van der Waals surface area contributed by atoms with E-state index in [1.807, 2.05) is 55.6 Å². The van der Waals surface area contributed by atoms with E-state index < -0.39 is 5.41 Å². The van der Waals surface area contributed by atoms with Crippen LogP contribution < -0.4 is 5.32 Å². The summed E-state index contributed by atoms with van der Waals surface area (Å²) in [5.74, 6) is 0.322. The molecule has 5 nitrogen and oxygen atoms in total. The molecule has 146 valence electrons. The molecule has 1 aliphatic heterocycles. The molecule has 1 unspecified atom stereocenters. The molecule has 1 aliphatic carbocycles. The Morgan fingerprint density at radius 2 is 2.00 bits per heavy atom. The number of pyridine rings is 1. The van der Waals surface area contributed by atoms with Gasteiger partial charge in [0.2, 0.25) is 5.91 Å². The van der Waals surface area contributed by atoms with Gasteiger partial charge in [-0.25, -0.2) is 0 Å². The SMILES string of the molecule is Cc1cc(/C=C/c2n[nH]c3cc([C@@H]4CC45C(=O)Nc4ccccc45)ccc23)ccn1. The normalized spacial score (nSPS) is 22.0. The number of aryl methyl sites for hydroxylation is 1. The number of aromatic amines is 1. The highest BCUT2D eigenvalue weighted by Crippen LogP contribution is 2.64. The molecule has 1 saturated carbocycles. The number of carbonyl (C=O) groups is 1. The summed E-state index contributed by atoms with van der Waals surface area (Å²) in [6, 6.07) is 18.4. The highest BCUT2D eigenvalue weighted by Gasteiger charge is 2.65. The van der Waals surface area contributed by atoms with Crippen LogP contribution in [0.4, 0.5) is 5.69 Å². The highest BCUT2D eigenvalue weighted by atomic mass is 16.2. The number of carbonyl (C=O) groups excluding carboxylic acids is 1. The fourth-order valence-electron chi connectivity index (χ4n) is 4.80. The minimum absolute atomic E-state index is 0.120. The Morgan fingerprint density at radius 3 is 2.90 bits per heavy atom. The number of para-hydroxylation sites is 1. The van der Waals surface area contributed by atoms with Crippen molar-refractivity contribution in [1.82, 2.24) is 15.2 Å². The van der Waals surface area contributed by atoms with Crippen LogP contribution in [0.15, 0.2) is 60.8 Å². The maximum absolute atomic E-state index is 12.8. The summed E-state index contributed by atoms with van der Waals surface area (Å²) >= 11 is 0. The van der Waals surface area contributed by atoms with Gasteiger partial charge in [0.25, 0.3) is 0 Å². The second-order valence-electron chi connectivity index (χ2n) is 8.21. The molecule has 6 rings (SSSR count). The van der Waals surface area contributed by atoms with Crippen LogP contribution in [-0.4, -0.2) is 21.1 Å². The number of amides is 1. The Labute approximate surface area is 173 Å². The van der Waals surface area contributed by atoms with E-state index >= 15 is 0 Å². The zero-order valence-corrected chi connectivity index (χ0v) is 16.5. The number of H-pyrrole nitrogens is 1. The van der Waals surface area contributed by atoms with Gasteiger partial charge >= 0.3 is 0 Å². The minimum atomic E-state index is -0.410. The molecule has 4 aromatic rings. The highest BCUT2D eigenvalue weighted by molar-refractivity contribution is 6.09. The van der Waals surface area contributed by atoms with E-state index in [9.17, 15) is 4.79 Å². The average Bonchev–Trinajstić information content (AvgIpc) is 3.29. The Hall–Kier alpha value is -3.73. The van der Waals surface area contributed by atoms with Gasteiger partial charge in [-0.05, 0) is 60.4 Å². The monoisotopic (exact) mass is 392 g/mol. The van der Waals surface area contributed by atoms with Crippen LogP contribution in [0, 0.1) is 6.92 Å².